The molecule has 3 saturated heterocycles. The smallest absolute Gasteiger partial charge is 0.227 e. The number of aromatic nitrogens is 2. The minimum atomic E-state index is 0.533. The third-order valence-electron chi connectivity index (χ3n) is 8.43. The maximum atomic E-state index is 10.0. The molecule has 0 amide bonds. The number of piperidine rings is 1. The van der Waals surface area contributed by atoms with E-state index in [1.165, 1.54) is 5.69 Å². The van der Waals surface area contributed by atoms with E-state index in [0.717, 1.165) is 101 Å². The zero-order valence-corrected chi connectivity index (χ0v) is 23.3. The molecule has 0 atom stereocenters. The van der Waals surface area contributed by atoms with Gasteiger partial charge in [-0.25, -0.2) is 9.97 Å². The van der Waals surface area contributed by atoms with Gasteiger partial charge in [-0.1, -0.05) is 6.07 Å². The first-order valence-corrected chi connectivity index (χ1v) is 14.4. The van der Waals surface area contributed by atoms with Crippen LogP contribution in [0.15, 0.2) is 54.7 Å². The second-order valence-electron chi connectivity index (χ2n) is 10.9. The standard InChI is InChI=1S/C31H38N8O/c1-36-14-16-37(17-15-36)28-9-12-39(13-10-28)30-7-2-24(22-25(30)23-32)29-8-11-33-31(35-29)34-26-3-5-27(6-4-26)38-18-20-40-21-19-38/h2-8,11,22,28H,9-10,12-21H2,1H3,(H,33,34,35). The summed E-state index contributed by atoms with van der Waals surface area (Å²) in [6.45, 7) is 9.96. The molecule has 208 valence electrons. The molecule has 0 spiro atoms. The van der Waals surface area contributed by atoms with Gasteiger partial charge in [0.1, 0.15) is 6.07 Å². The largest absolute Gasteiger partial charge is 0.378 e. The van der Waals surface area contributed by atoms with Crippen LogP contribution in [0.3, 0.4) is 0 Å². The number of benzene rings is 2. The Labute approximate surface area is 237 Å². The van der Waals surface area contributed by atoms with E-state index < -0.39 is 0 Å². The lowest BCUT2D eigenvalue weighted by molar-refractivity contribution is 0.0982. The number of hydrogen-bond donors (Lipinski definition) is 1. The second-order valence-corrected chi connectivity index (χ2v) is 10.9. The molecule has 0 unspecified atom stereocenters. The van der Waals surface area contributed by atoms with Gasteiger partial charge in [-0.05, 0) is 62.4 Å². The summed E-state index contributed by atoms with van der Waals surface area (Å²) in [6.07, 6.45) is 4.05. The number of morpholine rings is 1. The summed E-state index contributed by atoms with van der Waals surface area (Å²) in [4.78, 5) is 19.0. The number of piperazine rings is 1. The minimum Gasteiger partial charge on any atom is -0.378 e. The average molecular weight is 539 g/mol. The van der Waals surface area contributed by atoms with Crippen LogP contribution in [-0.2, 0) is 4.74 Å². The van der Waals surface area contributed by atoms with Crippen LogP contribution in [0.1, 0.15) is 18.4 Å². The number of likely N-dealkylation sites (N-methyl/N-ethyl adjacent to an activating group) is 1. The van der Waals surface area contributed by atoms with Gasteiger partial charge in [-0.2, -0.15) is 5.26 Å². The van der Waals surface area contributed by atoms with Crippen molar-refractivity contribution in [2.45, 2.75) is 18.9 Å². The van der Waals surface area contributed by atoms with E-state index in [0.29, 0.717) is 17.6 Å². The zero-order chi connectivity index (χ0) is 27.3. The Hall–Kier alpha value is -3.71. The van der Waals surface area contributed by atoms with Crippen molar-refractivity contribution in [3.8, 4) is 17.3 Å². The summed E-state index contributed by atoms with van der Waals surface area (Å²) in [5.74, 6) is 0.533. The van der Waals surface area contributed by atoms with Gasteiger partial charge in [0.25, 0.3) is 0 Å². The fourth-order valence-electron chi connectivity index (χ4n) is 6.01. The number of ether oxygens (including phenoxy) is 1. The van der Waals surface area contributed by atoms with E-state index in [-0.39, 0.29) is 0 Å². The van der Waals surface area contributed by atoms with Crippen LogP contribution in [-0.4, -0.2) is 98.4 Å². The molecule has 1 N–H and O–H groups in total. The summed E-state index contributed by atoms with van der Waals surface area (Å²) in [5.41, 5.74) is 5.55. The van der Waals surface area contributed by atoms with Crippen molar-refractivity contribution in [2.75, 3.05) is 87.7 Å². The molecule has 2 aromatic carbocycles. The highest BCUT2D eigenvalue weighted by Gasteiger charge is 2.27. The molecule has 0 radical (unpaired) electrons. The molecule has 40 heavy (non-hydrogen) atoms. The second kappa shape index (κ2) is 12.2. The lowest BCUT2D eigenvalue weighted by atomic mass is 9.99. The Morgan fingerprint density at radius 2 is 1.62 bits per heavy atom. The van der Waals surface area contributed by atoms with Gasteiger partial charge in [0.2, 0.25) is 5.95 Å². The molecule has 3 aliphatic heterocycles. The molecular weight excluding hydrogens is 500 g/mol. The van der Waals surface area contributed by atoms with E-state index >= 15 is 0 Å². The molecule has 0 saturated carbocycles. The lowest BCUT2D eigenvalue weighted by Crippen LogP contribution is -2.52. The van der Waals surface area contributed by atoms with Gasteiger partial charge in [0.15, 0.2) is 0 Å². The molecule has 1 aromatic heterocycles. The number of hydrogen-bond acceptors (Lipinski definition) is 9. The van der Waals surface area contributed by atoms with E-state index in [1.807, 2.05) is 12.1 Å². The summed E-state index contributed by atoms with van der Waals surface area (Å²) in [7, 11) is 2.21. The van der Waals surface area contributed by atoms with Gasteiger partial charge in [-0.15, -0.1) is 0 Å². The third-order valence-corrected chi connectivity index (χ3v) is 8.43. The van der Waals surface area contributed by atoms with Crippen molar-refractivity contribution in [3.63, 3.8) is 0 Å². The normalized spacial score (nSPS) is 19.4. The van der Waals surface area contributed by atoms with Gasteiger partial charge < -0.3 is 24.8 Å². The summed E-state index contributed by atoms with van der Waals surface area (Å²) in [5, 5.41) is 13.3. The minimum absolute atomic E-state index is 0.533. The number of rotatable bonds is 6. The fraction of sp³-hybridized carbons (Fsp3) is 0.452. The molecular formula is C31H38N8O. The lowest BCUT2D eigenvalue weighted by Gasteiger charge is -2.42. The van der Waals surface area contributed by atoms with Crippen LogP contribution in [0.4, 0.5) is 23.0 Å². The number of nitrogens with zero attached hydrogens (tertiary/aromatic N) is 7. The van der Waals surface area contributed by atoms with E-state index in [2.05, 4.69) is 79.4 Å². The predicted molar refractivity (Wildman–Crippen MR) is 159 cm³/mol. The highest BCUT2D eigenvalue weighted by Crippen LogP contribution is 2.30. The first kappa shape index (κ1) is 26.5. The first-order valence-electron chi connectivity index (χ1n) is 14.4. The fourth-order valence-corrected chi connectivity index (χ4v) is 6.01. The SMILES string of the molecule is CN1CCN(C2CCN(c3ccc(-c4ccnc(Nc5ccc(N6CCOCC6)cc5)n4)cc3C#N)CC2)CC1. The van der Waals surface area contributed by atoms with Gasteiger partial charge in [-0.3, -0.25) is 4.90 Å². The topological polar surface area (TPSA) is 83.8 Å². The molecule has 3 aliphatic rings. The van der Waals surface area contributed by atoms with Crippen molar-refractivity contribution in [3.05, 3.63) is 60.3 Å². The Bertz CT molecular complexity index is 1320. The number of nitrogens with one attached hydrogen (secondary N) is 1. The summed E-state index contributed by atoms with van der Waals surface area (Å²) < 4.78 is 5.46. The molecule has 9 heteroatoms. The van der Waals surface area contributed by atoms with E-state index in [4.69, 9.17) is 9.72 Å². The van der Waals surface area contributed by atoms with Crippen molar-refractivity contribution in [2.24, 2.45) is 0 Å². The van der Waals surface area contributed by atoms with Crippen LogP contribution in [0.5, 0.6) is 0 Å². The number of nitriles is 1. The molecule has 0 bridgehead atoms. The average Bonchev–Trinajstić information content (AvgIpc) is 3.02. The van der Waals surface area contributed by atoms with Crippen LogP contribution in [0.25, 0.3) is 11.3 Å². The highest BCUT2D eigenvalue weighted by molar-refractivity contribution is 5.70. The van der Waals surface area contributed by atoms with Crippen LogP contribution in [0, 0.1) is 11.3 Å². The summed E-state index contributed by atoms with van der Waals surface area (Å²) in [6, 6.07) is 19.4. The van der Waals surface area contributed by atoms with Crippen molar-refractivity contribution in [1.82, 2.24) is 19.8 Å². The Morgan fingerprint density at radius 3 is 2.35 bits per heavy atom. The Morgan fingerprint density at radius 1 is 0.875 bits per heavy atom. The molecule has 3 fully saturated rings. The van der Waals surface area contributed by atoms with Crippen molar-refractivity contribution >= 4 is 23.0 Å². The van der Waals surface area contributed by atoms with Crippen LogP contribution < -0.4 is 15.1 Å². The molecule has 6 rings (SSSR count). The zero-order valence-electron chi connectivity index (χ0n) is 23.3. The molecule has 9 nitrogen and oxygen atoms in total. The Balaban J connectivity index is 1.11. The molecule has 4 heterocycles. The maximum absolute atomic E-state index is 10.0. The third kappa shape index (κ3) is 6.04. The van der Waals surface area contributed by atoms with Crippen LogP contribution >= 0.6 is 0 Å². The van der Waals surface area contributed by atoms with Gasteiger partial charge in [0.05, 0.1) is 30.2 Å². The van der Waals surface area contributed by atoms with E-state index in [9.17, 15) is 5.26 Å². The van der Waals surface area contributed by atoms with E-state index in [1.54, 1.807) is 6.20 Å². The molecule has 0 aliphatic carbocycles. The molecule has 3 aromatic rings. The van der Waals surface area contributed by atoms with Crippen molar-refractivity contribution < 1.29 is 4.74 Å². The van der Waals surface area contributed by atoms with Crippen molar-refractivity contribution in [1.29, 1.82) is 5.26 Å². The quantitative estimate of drug-likeness (QED) is 0.504. The van der Waals surface area contributed by atoms with Crippen LogP contribution in [0.2, 0.25) is 0 Å². The number of anilines is 4. The first-order chi connectivity index (χ1) is 19.7. The summed E-state index contributed by atoms with van der Waals surface area (Å²) >= 11 is 0. The van der Waals surface area contributed by atoms with Gasteiger partial charge in [0, 0.05) is 81.5 Å². The highest BCUT2D eigenvalue weighted by atomic mass is 16.5. The Kier molecular flexibility index (Phi) is 8.09. The maximum Gasteiger partial charge on any atom is 0.227 e. The monoisotopic (exact) mass is 538 g/mol. The predicted octanol–water partition coefficient (Wildman–Crippen LogP) is 3.81. The van der Waals surface area contributed by atoms with Gasteiger partial charge >= 0.3 is 0 Å².